The molecule has 0 aliphatic rings. The van der Waals surface area contributed by atoms with E-state index in [0.29, 0.717) is 5.15 Å². The highest BCUT2D eigenvalue weighted by atomic mass is 35.5. The first-order valence-electron chi connectivity index (χ1n) is 2.18. The minimum Gasteiger partial charge on any atom is -0.360 e. The first-order chi connectivity index (χ1) is 4.33. The van der Waals surface area contributed by atoms with E-state index in [1.54, 1.807) is 0 Å². The summed E-state index contributed by atoms with van der Waals surface area (Å²) in [6.45, 7) is 6.52. The van der Waals surface area contributed by atoms with Crippen molar-refractivity contribution < 1.29 is 0 Å². The van der Waals surface area contributed by atoms with Crippen LogP contribution in [0.4, 0.5) is 5.82 Å². The molecule has 0 aliphatic heterocycles. The summed E-state index contributed by atoms with van der Waals surface area (Å²) < 4.78 is 0. The fourth-order valence-electron chi connectivity index (χ4n) is 0.385. The molecule has 1 aromatic rings. The second-order valence-corrected chi connectivity index (χ2v) is 1.70. The van der Waals surface area contributed by atoms with Gasteiger partial charge in [-0.3, -0.25) is 0 Å². The fourth-order valence-corrected chi connectivity index (χ4v) is 0.527. The Bertz CT molecular complexity index is 253. The number of aromatic nitrogens is 2. The summed E-state index contributed by atoms with van der Waals surface area (Å²) in [5, 5.41) is 0.302. The molecule has 0 fully saturated rings. The summed E-state index contributed by atoms with van der Waals surface area (Å²) >= 11 is 5.43. The van der Waals surface area contributed by atoms with Crippen LogP contribution in [0, 0.1) is 6.57 Å². The van der Waals surface area contributed by atoms with Gasteiger partial charge >= 0.3 is 0 Å². The standard InChI is InChI=1S/C5H2ClN3/c1-7-5-2-4(6)8-3-9-5/h2-3H. The Morgan fingerprint density at radius 1 is 1.56 bits per heavy atom. The van der Waals surface area contributed by atoms with Gasteiger partial charge in [-0.25, -0.2) is 4.98 Å². The second kappa shape index (κ2) is 2.42. The predicted octanol–water partition coefficient (Wildman–Crippen LogP) is 1.68. The van der Waals surface area contributed by atoms with Crippen molar-refractivity contribution in [1.82, 2.24) is 9.97 Å². The van der Waals surface area contributed by atoms with E-state index in [-0.39, 0.29) is 5.82 Å². The van der Waals surface area contributed by atoms with Gasteiger partial charge in [0.15, 0.2) is 0 Å². The molecule has 0 unspecified atom stereocenters. The number of rotatable bonds is 0. The maximum Gasteiger partial charge on any atom is 0.274 e. The highest BCUT2D eigenvalue weighted by Crippen LogP contribution is 2.10. The molecule has 1 aromatic heterocycles. The highest BCUT2D eigenvalue weighted by molar-refractivity contribution is 6.29. The van der Waals surface area contributed by atoms with Crippen LogP contribution in [0.15, 0.2) is 12.4 Å². The normalized spacial score (nSPS) is 8.44. The Balaban J connectivity index is 3.12. The molecule has 44 valence electrons. The van der Waals surface area contributed by atoms with E-state index in [1.807, 2.05) is 0 Å². The van der Waals surface area contributed by atoms with Crippen molar-refractivity contribution in [2.75, 3.05) is 0 Å². The van der Waals surface area contributed by atoms with Crippen molar-refractivity contribution in [2.45, 2.75) is 0 Å². The molecule has 1 rings (SSSR count). The van der Waals surface area contributed by atoms with E-state index in [1.165, 1.54) is 12.4 Å². The van der Waals surface area contributed by atoms with Crippen molar-refractivity contribution in [3.63, 3.8) is 0 Å². The molecular weight excluding hydrogens is 138 g/mol. The summed E-state index contributed by atoms with van der Waals surface area (Å²) in [7, 11) is 0. The summed E-state index contributed by atoms with van der Waals surface area (Å²) in [6, 6.07) is 1.41. The first kappa shape index (κ1) is 5.99. The molecule has 0 aromatic carbocycles. The molecule has 3 nitrogen and oxygen atoms in total. The minimum atomic E-state index is 0.273. The highest BCUT2D eigenvalue weighted by Gasteiger charge is 1.92. The van der Waals surface area contributed by atoms with Crippen LogP contribution >= 0.6 is 11.6 Å². The van der Waals surface area contributed by atoms with E-state index in [9.17, 15) is 0 Å². The largest absolute Gasteiger partial charge is 0.360 e. The Labute approximate surface area is 57.1 Å². The predicted molar refractivity (Wildman–Crippen MR) is 33.3 cm³/mol. The van der Waals surface area contributed by atoms with Crippen LogP contribution in [0.2, 0.25) is 5.15 Å². The molecule has 0 saturated heterocycles. The van der Waals surface area contributed by atoms with Crippen LogP contribution in [0.5, 0.6) is 0 Å². The van der Waals surface area contributed by atoms with E-state index in [4.69, 9.17) is 18.2 Å². The molecule has 0 aliphatic carbocycles. The molecule has 1 heterocycles. The number of hydrogen-bond acceptors (Lipinski definition) is 2. The van der Waals surface area contributed by atoms with Crippen molar-refractivity contribution >= 4 is 17.4 Å². The van der Waals surface area contributed by atoms with Crippen molar-refractivity contribution in [1.29, 1.82) is 0 Å². The zero-order valence-electron chi connectivity index (χ0n) is 4.37. The van der Waals surface area contributed by atoms with E-state index < -0.39 is 0 Å². The van der Waals surface area contributed by atoms with Crippen LogP contribution < -0.4 is 0 Å². The topological polar surface area (TPSA) is 30.1 Å². The number of nitrogens with zero attached hydrogens (tertiary/aromatic N) is 3. The van der Waals surface area contributed by atoms with Crippen molar-refractivity contribution in [2.24, 2.45) is 0 Å². The van der Waals surface area contributed by atoms with Gasteiger partial charge in [0.05, 0.1) is 0 Å². The lowest BCUT2D eigenvalue weighted by Crippen LogP contribution is -1.75. The Morgan fingerprint density at radius 3 is 2.78 bits per heavy atom. The molecule has 0 spiro atoms. The van der Waals surface area contributed by atoms with Gasteiger partial charge in [0, 0.05) is 6.07 Å². The molecule has 4 heteroatoms. The fraction of sp³-hybridized carbons (Fsp3) is 0. The lowest BCUT2D eigenvalue weighted by Gasteiger charge is -1.84. The Hall–Kier alpha value is -1.14. The molecule has 9 heavy (non-hydrogen) atoms. The smallest absolute Gasteiger partial charge is 0.274 e. The lowest BCUT2D eigenvalue weighted by molar-refractivity contribution is 1.18. The van der Waals surface area contributed by atoms with Gasteiger partial charge in [0.2, 0.25) is 6.33 Å². The Morgan fingerprint density at radius 2 is 2.33 bits per heavy atom. The third-order valence-corrected chi connectivity index (χ3v) is 0.941. The summed E-state index contributed by atoms with van der Waals surface area (Å²) in [4.78, 5) is 10.3. The van der Waals surface area contributed by atoms with Crippen LogP contribution in [0.1, 0.15) is 0 Å². The minimum absolute atomic E-state index is 0.273. The van der Waals surface area contributed by atoms with E-state index in [2.05, 4.69) is 14.8 Å². The molecule has 0 saturated carbocycles. The zero-order chi connectivity index (χ0) is 6.69. The first-order valence-corrected chi connectivity index (χ1v) is 2.56. The van der Waals surface area contributed by atoms with Crippen LogP contribution in [-0.2, 0) is 0 Å². The summed E-state index contributed by atoms with van der Waals surface area (Å²) in [6.07, 6.45) is 1.26. The summed E-state index contributed by atoms with van der Waals surface area (Å²) in [5.74, 6) is 0.273. The maximum absolute atomic E-state index is 6.52. The molecular formula is C5H2ClN3. The molecule has 0 amide bonds. The van der Waals surface area contributed by atoms with Gasteiger partial charge in [-0.05, 0) is 0 Å². The molecule has 0 bridgehead atoms. The van der Waals surface area contributed by atoms with Crippen LogP contribution in [-0.4, -0.2) is 9.97 Å². The number of hydrogen-bond donors (Lipinski definition) is 0. The number of halogens is 1. The average Bonchev–Trinajstić information content (AvgIpc) is 1.88. The quantitative estimate of drug-likeness (QED) is 0.404. The van der Waals surface area contributed by atoms with E-state index >= 15 is 0 Å². The van der Waals surface area contributed by atoms with Crippen molar-refractivity contribution in [3.8, 4) is 0 Å². The molecule has 0 radical (unpaired) electrons. The van der Waals surface area contributed by atoms with Crippen LogP contribution in [0.3, 0.4) is 0 Å². The van der Waals surface area contributed by atoms with Crippen LogP contribution in [0.25, 0.3) is 4.85 Å². The monoisotopic (exact) mass is 139 g/mol. The third-order valence-electron chi connectivity index (χ3n) is 0.734. The van der Waals surface area contributed by atoms with Crippen molar-refractivity contribution in [3.05, 3.63) is 29.0 Å². The zero-order valence-corrected chi connectivity index (χ0v) is 5.13. The van der Waals surface area contributed by atoms with Gasteiger partial charge in [0.25, 0.3) is 5.82 Å². The molecule has 0 N–H and O–H groups in total. The average molecular weight is 140 g/mol. The third kappa shape index (κ3) is 1.37. The lowest BCUT2D eigenvalue weighted by atomic mass is 10.6. The van der Waals surface area contributed by atoms with Gasteiger partial charge in [-0.15, -0.1) is 4.98 Å². The molecule has 0 atom stereocenters. The van der Waals surface area contributed by atoms with Gasteiger partial charge in [-0.1, -0.05) is 18.2 Å². The SMILES string of the molecule is [C-]#[N+]c1cc(Cl)ncn1. The Kier molecular flexibility index (Phi) is 1.61. The maximum atomic E-state index is 6.52. The summed E-state index contributed by atoms with van der Waals surface area (Å²) in [5.41, 5.74) is 0. The van der Waals surface area contributed by atoms with Gasteiger partial charge in [0.1, 0.15) is 5.15 Å². The second-order valence-electron chi connectivity index (χ2n) is 1.31. The van der Waals surface area contributed by atoms with Gasteiger partial charge < -0.3 is 4.85 Å². The van der Waals surface area contributed by atoms with E-state index in [0.717, 1.165) is 0 Å². The van der Waals surface area contributed by atoms with Gasteiger partial charge in [-0.2, -0.15) is 0 Å².